The van der Waals surface area contributed by atoms with Gasteiger partial charge in [0.25, 0.3) is 0 Å². The summed E-state index contributed by atoms with van der Waals surface area (Å²) in [6.07, 6.45) is 0. The van der Waals surface area contributed by atoms with Crippen LogP contribution >= 0.6 is 22.9 Å². The van der Waals surface area contributed by atoms with Crippen molar-refractivity contribution in [1.29, 1.82) is 0 Å². The molecule has 2 aromatic carbocycles. The molecule has 0 bridgehead atoms. The van der Waals surface area contributed by atoms with Gasteiger partial charge in [-0.25, -0.2) is 9.37 Å². The van der Waals surface area contributed by atoms with Crippen LogP contribution in [0.4, 0.5) is 15.2 Å². The van der Waals surface area contributed by atoms with Crippen LogP contribution in [0, 0.1) is 12.7 Å². The molecule has 0 radical (unpaired) electrons. The zero-order chi connectivity index (χ0) is 14.8. The quantitative estimate of drug-likeness (QED) is 0.674. The minimum absolute atomic E-state index is 0.205. The Morgan fingerprint density at radius 3 is 2.76 bits per heavy atom. The van der Waals surface area contributed by atoms with Crippen LogP contribution in [0.2, 0.25) is 5.02 Å². The second-order valence-electron chi connectivity index (χ2n) is 4.61. The van der Waals surface area contributed by atoms with E-state index in [1.807, 2.05) is 29.6 Å². The van der Waals surface area contributed by atoms with Gasteiger partial charge in [0.05, 0.1) is 16.4 Å². The lowest BCUT2D eigenvalue weighted by Crippen LogP contribution is -1.90. The Hall–Kier alpha value is -1.91. The van der Waals surface area contributed by atoms with Crippen molar-refractivity contribution in [2.75, 3.05) is 5.32 Å². The van der Waals surface area contributed by atoms with Gasteiger partial charge in [-0.3, -0.25) is 0 Å². The second kappa shape index (κ2) is 5.84. The lowest BCUT2D eigenvalue weighted by atomic mass is 10.1. The van der Waals surface area contributed by atoms with E-state index in [9.17, 15) is 4.39 Å². The van der Waals surface area contributed by atoms with Crippen LogP contribution in [0.15, 0.2) is 47.8 Å². The zero-order valence-corrected chi connectivity index (χ0v) is 12.8. The summed E-state index contributed by atoms with van der Waals surface area (Å²) >= 11 is 7.59. The van der Waals surface area contributed by atoms with Crippen LogP contribution in [-0.2, 0) is 0 Å². The molecule has 21 heavy (non-hydrogen) atoms. The lowest BCUT2D eigenvalue weighted by Gasteiger charge is -2.04. The molecular weight excluding hydrogens is 307 g/mol. The van der Waals surface area contributed by atoms with Gasteiger partial charge in [0, 0.05) is 10.9 Å². The van der Waals surface area contributed by atoms with Crippen LogP contribution in [-0.4, -0.2) is 4.98 Å². The van der Waals surface area contributed by atoms with E-state index in [1.165, 1.54) is 17.4 Å². The summed E-state index contributed by atoms with van der Waals surface area (Å²) in [6, 6.07) is 12.5. The average molecular weight is 319 g/mol. The molecule has 1 N–H and O–H groups in total. The lowest BCUT2D eigenvalue weighted by molar-refractivity contribution is 0.619. The molecule has 0 aliphatic carbocycles. The molecular formula is C16H12ClFN2S. The summed E-state index contributed by atoms with van der Waals surface area (Å²) in [5.41, 5.74) is 3.14. The first-order chi connectivity index (χ1) is 10.1. The molecule has 0 fully saturated rings. The SMILES string of the molecule is Cc1cc(-c2csc(Nc3ccccc3Cl)n2)ccc1F. The molecule has 0 amide bonds. The molecule has 5 heteroatoms. The Morgan fingerprint density at radius 1 is 1.19 bits per heavy atom. The van der Waals surface area contributed by atoms with Gasteiger partial charge in [0.2, 0.25) is 0 Å². The molecule has 0 aliphatic heterocycles. The highest BCUT2D eigenvalue weighted by Gasteiger charge is 2.08. The molecule has 1 heterocycles. The van der Waals surface area contributed by atoms with Gasteiger partial charge in [-0.15, -0.1) is 11.3 Å². The van der Waals surface area contributed by atoms with E-state index >= 15 is 0 Å². The molecule has 1 aromatic heterocycles. The molecule has 0 saturated heterocycles. The largest absolute Gasteiger partial charge is 0.330 e. The van der Waals surface area contributed by atoms with Crippen molar-refractivity contribution in [1.82, 2.24) is 4.98 Å². The Labute approximate surface area is 131 Å². The summed E-state index contributed by atoms with van der Waals surface area (Å²) in [5.74, 6) is -0.205. The number of para-hydroxylation sites is 1. The first-order valence-corrected chi connectivity index (χ1v) is 7.63. The molecule has 3 rings (SSSR count). The normalized spacial score (nSPS) is 10.6. The van der Waals surface area contributed by atoms with Gasteiger partial charge >= 0.3 is 0 Å². The maximum atomic E-state index is 13.3. The Bertz CT molecular complexity index is 785. The van der Waals surface area contributed by atoms with E-state index in [2.05, 4.69) is 10.3 Å². The minimum Gasteiger partial charge on any atom is -0.330 e. The molecule has 0 atom stereocenters. The highest BCUT2D eigenvalue weighted by atomic mass is 35.5. The fourth-order valence-electron chi connectivity index (χ4n) is 1.95. The highest BCUT2D eigenvalue weighted by Crippen LogP contribution is 2.30. The van der Waals surface area contributed by atoms with E-state index in [-0.39, 0.29) is 5.82 Å². The minimum atomic E-state index is -0.205. The van der Waals surface area contributed by atoms with Gasteiger partial charge in [-0.2, -0.15) is 0 Å². The van der Waals surface area contributed by atoms with Crippen molar-refractivity contribution in [3.8, 4) is 11.3 Å². The molecule has 106 valence electrons. The molecule has 0 aliphatic rings. The van der Waals surface area contributed by atoms with Crippen LogP contribution in [0.25, 0.3) is 11.3 Å². The van der Waals surface area contributed by atoms with E-state index in [0.29, 0.717) is 10.6 Å². The van der Waals surface area contributed by atoms with Gasteiger partial charge in [-0.1, -0.05) is 23.7 Å². The summed E-state index contributed by atoms with van der Waals surface area (Å²) < 4.78 is 13.3. The third-order valence-electron chi connectivity index (χ3n) is 3.07. The Kier molecular flexibility index (Phi) is 3.90. The predicted molar refractivity (Wildman–Crippen MR) is 87.0 cm³/mol. The number of anilines is 2. The standard InChI is InChI=1S/C16H12ClFN2S/c1-10-8-11(6-7-13(10)18)15-9-21-16(20-15)19-14-5-3-2-4-12(14)17/h2-9H,1H3,(H,19,20). The van der Waals surface area contributed by atoms with Gasteiger partial charge in [0.1, 0.15) is 5.82 Å². The molecule has 0 spiro atoms. The smallest absolute Gasteiger partial charge is 0.187 e. The third-order valence-corrected chi connectivity index (χ3v) is 4.16. The number of nitrogens with one attached hydrogen (secondary N) is 1. The Morgan fingerprint density at radius 2 is 2.00 bits per heavy atom. The molecule has 3 aromatic rings. The van der Waals surface area contributed by atoms with Crippen LogP contribution in [0.1, 0.15) is 5.56 Å². The summed E-state index contributed by atoms with van der Waals surface area (Å²) in [7, 11) is 0. The monoisotopic (exact) mass is 318 g/mol. The first-order valence-electron chi connectivity index (χ1n) is 6.37. The number of aryl methyl sites for hydroxylation is 1. The van der Waals surface area contributed by atoms with Gasteiger partial charge < -0.3 is 5.32 Å². The van der Waals surface area contributed by atoms with Gasteiger partial charge in [-0.05, 0) is 42.8 Å². The first kappa shape index (κ1) is 14.0. The van der Waals surface area contributed by atoms with Crippen LogP contribution < -0.4 is 5.32 Å². The van der Waals surface area contributed by atoms with E-state index in [0.717, 1.165) is 22.1 Å². The fourth-order valence-corrected chi connectivity index (χ4v) is 2.86. The molecule has 2 nitrogen and oxygen atoms in total. The number of aromatic nitrogens is 1. The maximum absolute atomic E-state index is 13.3. The van der Waals surface area contributed by atoms with Gasteiger partial charge in [0.15, 0.2) is 5.13 Å². The fraction of sp³-hybridized carbons (Fsp3) is 0.0625. The van der Waals surface area contributed by atoms with Crippen LogP contribution in [0.3, 0.4) is 0 Å². The topological polar surface area (TPSA) is 24.9 Å². The number of thiazole rings is 1. The van der Waals surface area contributed by atoms with E-state index in [4.69, 9.17) is 11.6 Å². The predicted octanol–water partition coefficient (Wildman–Crippen LogP) is 5.65. The second-order valence-corrected chi connectivity index (χ2v) is 5.87. The van der Waals surface area contributed by atoms with E-state index in [1.54, 1.807) is 19.1 Å². The Balaban J connectivity index is 1.86. The summed E-state index contributed by atoms with van der Waals surface area (Å²) in [5, 5.41) is 6.52. The van der Waals surface area contributed by atoms with Crippen LogP contribution in [0.5, 0.6) is 0 Å². The van der Waals surface area contributed by atoms with Crippen molar-refractivity contribution >= 4 is 33.8 Å². The van der Waals surface area contributed by atoms with Crippen molar-refractivity contribution in [2.24, 2.45) is 0 Å². The maximum Gasteiger partial charge on any atom is 0.187 e. The van der Waals surface area contributed by atoms with Crippen molar-refractivity contribution < 1.29 is 4.39 Å². The highest BCUT2D eigenvalue weighted by molar-refractivity contribution is 7.14. The van der Waals surface area contributed by atoms with Crippen molar-refractivity contribution in [3.05, 3.63) is 64.2 Å². The van der Waals surface area contributed by atoms with Crippen molar-refractivity contribution in [2.45, 2.75) is 6.92 Å². The number of nitrogens with zero attached hydrogens (tertiary/aromatic N) is 1. The molecule has 0 unspecified atom stereocenters. The zero-order valence-electron chi connectivity index (χ0n) is 11.2. The summed E-state index contributed by atoms with van der Waals surface area (Å²) in [6.45, 7) is 1.74. The number of halogens is 2. The van der Waals surface area contributed by atoms with Crippen molar-refractivity contribution in [3.63, 3.8) is 0 Å². The number of rotatable bonds is 3. The average Bonchev–Trinajstić information content (AvgIpc) is 2.93. The third kappa shape index (κ3) is 3.06. The number of benzene rings is 2. The summed E-state index contributed by atoms with van der Waals surface area (Å²) in [4.78, 5) is 4.51. The number of hydrogen-bond donors (Lipinski definition) is 1. The number of hydrogen-bond acceptors (Lipinski definition) is 3. The van der Waals surface area contributed by atoms with E-state index < -0.39 is 0 Å². The molecule has 0 saturated carbocycles.